The van der Waals surface area contributed by atoms with Crippen LogP contribution < -0.4 is 5.32 Å². The SMILES string of the molecule is O=C1NC(CCc2ccccc2)C(=O)N1Cc1cscn1. The van der Waals surface area contributed by atoms with Crippen molar-refractivity contribution < 1.29 is 9.59 Å². The first-order valence-corrected chi connectivity index (χ1v) is 7.71. The van der Waals surface area contributed by atoms with Gasteiger partial charge in [0.05, 0.1) is 17.7 Å². The average molecular weight is 301 g/mol. The number of carbonyl (C=O) groups is 2. The molecular weight excluding hydrogens is 286 g/mol. The van der Waals surface area contributed by atoms with Crippen molar-refractivity contribution in [1.82, 2.24) is 15.2 Å². The van der Waals surface area contributed by atoms with E-state index >= 15 is 0 Å². The Kier molecular flexibility index (Phi) is 3.96. The van der Waals surface area contributed by atoms with E-state index in [2.05, 4.69) is 10.3 Å². The summed E-state index contributed by atoms with van der Waals surface area (Å²) in [5.41, 5.74) is 3.60. The second-order valence-electron chi connectivity index (χ2n) is 4.93. The summed E-state index contributed by atoms with van der Waals surface area (Å²) in [5.74, 6) is -0.163. The first-order valence-electron chi connectivity index (χ1n) is 6.77. The third-order valence-corrected chi connectivity index (χ3v) is 4.11. The van der Waals surface area contributed by atoms with Crippen LogP contribution in [0.15, 0.2) is 41.2 Å². The minimum atomic E-state index is -0.434. The molecule has 3 rings (SSSR count). The number of carbonyl (C=O) groups excluding carboxylic acids is 2. The number of amides is 3. The number of nitrogens with one attached hydrogen (secondary N) is 1. The zero-order valence-corrected chi connectivity index (χ0v) is 12.2. The van der Waals surface area contributed by atoms with E-state index in [1.807, 2.05) is 35.7 Å². The van der Waals surface area contributed by atoms with E-state index < -0.39 is 6.04 Å². The Morgan fingerprint density at radius 2 is 2.05 bits per heavy atom. The van der Waals surface area contributed by atoms with Gasteiger partial charge in [0.1, 0.15) is 6.04 Å². The van der Waals surface area contributed by atoms with Gasteiger partial charge in [-0.05, 0) is 18.4 Å². The number of urea groups is 1. The second kappa shape index (κ2) is 6.05. The fourth-order valence-electron chi connectivity index (χ4n) is 2.36. The molecule has 1 unspecified atom stereocenters. The van der Waals surface area contributed by atoms with E-state index in [9.17, 15) is 9.59 Å². The van der Waals surface area contributed by atoms with Crippen LogP contribution in [0.5, 0.6) is 0 Å². The molecule has 3 amide bonds. The van der Waals surface area contributed by atoms with Gasteiger partial charge in [-0.1, -0.05) is 30.3 Å². The first-order chi connectivity index (χ1) is 10.2. The molecule has 2 aromatic rings. The van der Waals surface area contributed by atoms with Crippen molar-refractivity contribution in [2.24, 2.45) is 0 Å². The van der Waals surface area contributed by atoms with Gasteiger partial charge in [0.25, 0.3) is 5.91 Å². The highest BCUT2D eigenvalue weighted by Crippen LogP contribution is 2.16. The summed E-state index contributed by atoms with van der Waals surface area (Å²) in [6, 6.07) is 9.18. The van der Waals surface area contributed by atoms with Crippen LogP contribution in [0.4, 0.5) is 4.79 Å². The summed E-state index contributed by atoms with van der Waals surface area (Å²) in [5, 5.41) is 4.59. The van der Waals surface area contributed by atoms with Gasteiger partial charge in [-0.3, -0.25) is 9.69 Å². The molecule has 1 aromatic heterocycles. The molecule has 1 aliphatic rings. The smallest absolute Gasteiger partial charge is 0.325 e. The lowest BCUT2D eigenvalue weighted by Crippen LogP contribution is -2.31. The molecule has 0 bridgehead atoms. The number of hydrogen-bond acceptors (Lipinski definition) is 4. The zero-order chi connectivity index (χ0) is 14.7. The lowest BCUT2D eigenvalue weighted by Gasteiger charge is -2.11. The molecule has 1 aliphatic heterocycles. The van der Waals surface area contributed by atoms with E-state index in [0.717, 1.165) is 17.7 Å². The molecule has 1 N–H and O–H groups in total. The fourth-order valence-corrected chi connectivity index (χ4v) is 2.91. The molecule has 6 heteroatoms. The molecule has 1 saturated heterocycles. The Balaban J connectivity index is 1.61. The van der Waals surface area contributed by atoms with Gasteiger partial charge in [-0.15, -0.1) is 11.3 Å². The van der Waals surface area contributed by atoms with Crippen LogP contribution in [0.1, 0.15) is 17.7 Å². The molecule has 21 heavy (non-hydrogen) atoms. The van der Waals surface area contributed by atoms with Crippen LogP contribution in [0.25, 0.3) is 0 Å². The third-order valence-electron chi connectivity index (χ3n) is 3.48. The van der Waals surface area contributed by atoms with Crippen LogP contribution >= 0.6 is 11.3 Å². The largest absolute Gasteiger partial charge is 0.326 e. The molecule has 1 fully saturated rings. The topological polar surface area (TPSA) is 62.3 Å². The number of hydrogen-bond donors (Lipinski definition) is 1. The Morgan fingerprint density at radius 1 is 1.24 bits per heavy atom. The van der Waals surface area contributed by atoms with Crippen LogP contribution in [-0.4, -0.2) is 27.9 Å². The van der Waals surface area contributed by atoms with E-state index in [1.165, 1.54) is 16.2 Å². The summed E-state index contributed by atoms with van der Waals surface area (Å²) in [7, 11) is 0. The van der Waals surface area contributed by atoms with Crippen molar-refractivity contribution in [1.29, 1.82) is 0 Å². The number of thiazole rings is 1. The minimum Gasteiger partial charge on any atom is -0.326 e. The van der Waals surface area contributed by atoms with E-state index in [4.69, 9.17) is 0 Å². The normalized spacial score (nSPS) is 18.1. The van der Waals surface area contributed by atoms with Crippen molar-refractivity contribution in [3.8, 4) is 0 Å². The number of aryl methyl sites for hydroxylation is 1. The molecule has 2 heterocycles. The second-order valence-corrected chi connectivity index (χ2v) is 5.65. The van der Waals surface area contributed by atoms with Gasteiger partial charge in [0.15, 0.2) is 0 Å². The molecule has 1 atom stereocenters. The molecule has 1 aromatic carbocycles. The van der Waals surface area contributed by atoms with Gasteiger partial charge >= 0.3 is 6.03 Å². The lowest BCUT2D eigenvalue weighted by atomic mass is 10.1. The molecule has 108 valence electrons. The number of benzene rings is 1. The number of aromatic nitrogens is 1. The summed E-state index contributed by atoms with van der Waals surface area (Å²) in [6.45, 7) is 0.246. The maximum Gasteiger partial charge on any atom is 0.325 e. The van der Waals surface area contributed by atoms with Gasteiger partial charge in [-0.25, -0.2) is 9.78 Å². The summed E-state index contributed by atoms with van der Waals surface area (Å²) < 4.78 is 0. The predicted octanol–water partition coefficient (Wildman–Crippen LogP) is 2.20. The molecule has 5 nitrogen and oxygen atoms in total. The van der Waals surface area contributed by atoms with Gasteiger partial charge in [0.2, 0.25) is 0 Å². The number of nitrogens with zero attached hydrogens (tertiary/aromatic N) is 2. The monoisotopic (exact) mass is 301 g/mol. The highest BCUT2D eigenvalue weighted by atomic mass is 32.1. The summed E-state index contributed by atoms with van der Waals surface area (Å²) >= 11 is 1.45. The molecule has 0 aliphatic carbocycles. The van der Waals surface area contributed by atoms with Crippen LogP contribution in [0.3, 0.4) is 0 Å². The van der Waals surface area contributed by atoms with Crippen molar-refractivity contribution in [3.63, 3.8) is 0 Å². The minimum absolute atomic E-state index is 0.163. The van der Waals surface area contributed by atoms with Crippen molar-refractivity contribution >= 4 is 23.3 Å². The predicted molar refractivity (Wildman–Crippen MR) is 79.7 cm³/mol. The number of imide groups is 1. The van der Waals surface area contributed by atoms with Crippen LogP contribution in [-0.2, 0) is 17.8 Å². The average Bonchev–Trinajstić information content (AvgIpc) is 3.10. The van der Waals surface area contributed by atoms with Gasteiger partial charge in [-0.2, -0.15) is 0 Å². The zero-order valence-electron chi connectivity index (χ0n) is 11.4. The van der Waals surface area contributed by atoms with Crippen LogP contribution in [0.2, 0.25) is 0 Å². The highest BCUT2D eigenvalue weighted by Gasteiger charge is 2.37. The Morgan fingerprint density at radius 3 is 2.76 bits per heavy atom. The standard InChI is InChI=1S/C15H15N3O2S/c19-14-13(7-6-11-4-2-1-3-5-11)17-15(20)18(14)8-12-9-21-10-16-12/h1-5,9-10,13H,6-8H2,(H,17,20). The Hall–Kier alpha value is -2.21. The summed E-state index contributed by atoms with van der Waals surface area (Å²) in [6.07, 6.45) is 1.38. The van der Waals surface area contributed by atoms with E-state index in [1.54, 1.807) is 5.51 Å². The Labute approximate surface area is 126 Å². The van der Waals surface area contributed by atoms with Crippen molar-refractivity contribution in [2.75, 3.05) is 0 Å². The first kappa shape index (κ1) is 13.8. The van der Waals surface area contributed by atoms with Gasteiger partial charge in [0, 0.05) is 5.38 Å². The molecule has 0 saturated carbocycles. The van der Waals surface area contributed by atoms with Crippen LogP contribution in [0, 0.1) is 0 Å². The number of rotatable bonds is 5. The van der Waals surface area contributed by atoms with Crippen molar-refractivity contribution in [3.05, 3.63) is 52.5 Å². The third kappa shape index (κ3) is 3.11. The van der Waals surface area contributed by atoms with Gasteiger partial charge < -0.3 is 5.32 Å². The maximum absolute atomic E-state index is 12.3. The van der Waals surface area contributed by atoms with Crippen molar-refractivity contribution in [2.45, 2.75) is 25.4 Å². The lowest BCUT2D eigenvalue weighted by molar-refractivity contribution is -0.128. The molecule has 0 radical (unpaired) electrons. The highest BCUT2D eigenvalue weighted by molar-refractivity contribution is 7.07. The molecule has 0 spiro atoms. The quantitative estimate of drug-likeness (QED) is 0.861. The molecular formula is C15H15N3O2S. The summed E-state index contributed by atoms with van der Waals surface area (Å²) in [4.78, 5) is 29.5. The van der Waals surface area contributed by atoms with E-state index in [-0.39, 0.29) is 18.5 Å². The Bertz CT molecular complexity index is 628. The fraction of sp³-hybridized carbons (Fsp3) is 0.267. The maximum atomic E-state index is 12.3. The van der Waals surface area contributed by atoms with E-state index in [0.29, 0.717) is 6.42 Å².